The molecule has 7 nitrogen and oxygen atoms in total. The van der Waals surface area contributed by atoms with Gasteiger partial charge in [-0.25, -0.2) is 0 Å². The maximum absolute atomic E-state index is 12.8. The molecular formula is C76H42N6O. The van der Waals surface area contributed by atoms with Crippen molar-refractivity contribution in [2.24, 2.45) is 0 Å². The number of para-hydroxylation sites is 7. The fourth-order valence-corrected chi connectivity index (χ4v) is 14.3. The molecule has 0 unspecified atom stereocenters. The molecule has 5 heterocycles. The molecule has 0 atom stereocenters. The third kappa shape index (κ3) is 6.04. The molecule has 0 N–H and O–H groups in total. The van der Waals surface area contributed by atoms with Crippen LogP contribution in [0.25, 0.3) is 165 Å². The van der Waals surface area contributed by atoms with Crippen LogP contribution in [0.5, 0.6) is 0 Å². The van der Waals surface area contributed by atoms with Gasteiger partial charge in [0, 0.05) is 48.5 Å². The monoisotopic (exact) mass is 1050 g/mol. The highest BCUT2D eigenvalue weighted by Crippen LogP contribution is 2.51. The van der Waals surface area contributed by atoms with E-state index >= 15 is 0 Å². The first-order valence-corrected chi connectivity index (χ1v) is 28.0. The number of furan rings is 1. The summed E-state index contributed by atoms with van der Waals surface area (Å²) in [5.74, 6) is 0. The normalized spacial score (nSPS) is 12.1. The molecule has 0 aliphatic carbocycles. The summed E-state index contributed by atoms with van der Waals surface area (Å²) < 4.78 is 16.1. The summed E-state index contributed by atoms with van der Waals surface area (Å²) in [7, 11) is 0. The maximum atomic E-state index is 12.8. The molecule has 7 heteroatoms. The molecule has 0 amide bonds. The lowest BCUT2D eigenvalue weighted by Gasteiger charge is -2.27. The zero-order valence-corrected chi connectivity index (χ0v) is 44.3. The number of hydrogen-bond donors (Lipinski definition) is 0. The van der Waals surface area contributed by atoms with E-state index in [1.807, 2.05) is 24.3 Å². The van der Waals surface area contributed by atoms with Crippen molar-refractivity contribution >= 4 is 131 Å². The van der Waals surface area contributed by atoms with Gasteiger partial charge in [-0.15, -0.1) is 0 Å². The fraction of sp³-hybridized carbons (Fsp3) is 0. The standard InChI is InChI=1S/C76H42N6O/c77-43-60-72(79-62-29-10-3-20-51(62)52-21-4-11-30-63(52)79)61(44-78)75(81-66-33-14-7-24-55(66)56-25-8-15-34-67(56)81)76(74(60)80-64-31-12-5-22-53(64)54-23-6-13-32-65(54)80)82-68-42-46(48-27-17-28-49-47-19-2-1-18-45(47)36-38-50(48)49)37-39-57(68)58-40-41-70-71(73(58)82)59-26-9-16-35-69(59)83-70/h1-42H. The van der Waals surface area contributed by atoms with Crippen LogP contribution in [0, 0.1) is 22.7 Å². The van der Waals surface area contributed by atoms with Crippen molar-refractivity contribution in [1.82, 2.24) is 18.3 Å². The second-order valence-corrected chi connectivity index (χ2v) is 21.7. The van der Waals surface area contributed by atoms with Crippen molar-refractivity contribution in [3.63, 3.8) is 0 Å². The molecule has 0 radical (unpaired) electrons. The molecule has 5 aromatic heterocycles. The zero-order chi connectivity index (χ0) is 54.6. The number of benzene rings is 13. The lowest BCUT2D eigenvalue weighted by molar-refractivity contribution is 0.669. The minimum atomic E-state index is 0.343. The van der Waals surface area contributed by atoms with Crippen molar-refractivity contribution < 1.29 is 4.42 Å². The van der Waals surface area contributed by atoms with Gasteiger partial charge in [0.1, 0.15) is 34.4 Å². The van der Waals surface area contributed by atoms with Crippen LogP contribution in [0.1, 0.15) is 11.1 Å². The number of aromatic nitrogens is 4. The van der Waals surface area contributed by atoms with Crippen LogP contribution in [0.4, 0.5) is 0 Å². The molecule has 0 bridgehead atoms. The molecule has 382 valence electrons. The molecule has 0 saturated carbocycles. The van der Waals surface area contributed by atoms with Crippen LogP contribution in [-0.2, 0) is 0 Å². The first-order chi connectivity index (χ1) is 41.2. The van der Waals surface area contributed by atoms with Crippen molar-refractivity contribution in [3.8, 4) is 46.0 Å². The molecule has 18 rings (SSSR count). The molecule has 0 aliphatic heterocycles. The first-order valence-electron chi connectivity index (χ1n) is 28.0. The van der Waals surface area contributed by atoms with Gasteiger partial charge in [0.2, 0.25) is 0 Å². The average Bonchev–Trinajstić information content (AvgIpc) is 1.87. The van der Waals surface area contributed by atoms with Crippen LogP contribution in [0.3, 0.4) is 0 Å². The smallest absolute Gasteiger partial charge is 0.137 e. The quantitative estimate of drug-likeness (QED) is 0.161. The molecule has 83 heavy (non-hydrogen) atoms. The van der Waals surface area contributed by atoms with Gasteiger partial charge in [0.15, 0.2) is 0 Å². The highest BCUT2D eigenvalue weighted by Gasteiger charge is 2.35. The summed E-state index contributed by atoms with van der Waals surface area (Å²) in [5, 5.41) is 40.3. The van der Waals surface area contributed by atoms with E-state index in [1.54, 1.807) is 0 Å². The molecule has 0 aliphatic rings. The van der Waals surface area contributed by atoms with Gasteiger partial charge in [-0.3, -0.25) is 0 Å². The van der Waals surface area contributed by atoms with E-state index in [1.165, 1.54) is 16.2 Å². The molecule has 0 spiro atoms. The van der Waals surface area contributed by atoms with Crippen molar-refractivity contribution in [2.75, 3.05) is 0 Å². The predicted molar refractivity (Wildman–Crippen MR) is 341 cm³/mol. The van der Waals surface area contributed by atoms with E-state index < -0.39 is 0 Å². The number of nitriles is 2. The Bertz CT molecular complexity index is 5670. The van der Waals surface area contributed by atoms with Crippen molar-refractivity contribution in [1.29, 1.82) is 10.5 Å². The Hall–Kier alpha value is -11.6. The molecule has 18 aromatic rings. The summed E-state index contributed by atoms with van der Waals surface area (Å²) in [6.45, 7) is 0. The topological polar surface area (TPSA) is 80.4 Å². The zero-order valence-electron chi connectivity index (χ0n) is 44.3. The van der Waals surface area contributed by atoms with Gasteiger partial charge in [-0.2, -0.15) is 10.5 Å². The van der Waals surface area contributed by atoms with Gasteiger partial charge in [0.05, 0.1) is 72.3 Å². The molecule has 13 aromatic carbocycles. The van der Waals surface area contributed by atoms with Gasteiger partial charge >= 0.3 is 0 Å². The largest absolute Gasteiger partial charge is 0.456 e. The van der Waals surface area contributed by atoms with E-state index in [-0.39, 0.29) is 0 Å². The molecular weight excluding hydrogens is 1010 g/mol. The third-order valence-corrected chi connectivity index (χ3v) is 17.6. The van der Waals surface area contributed by atoms with E-state index in [4.69, 9.17) is 4.42 Å². The van der Waals surface area contributed by atoms with Gasteiger partial charge < -0.3 is 22.7 Å². The SMILES string of the molecule is N#Cc1c(-n2c3ccccc3c3ccccc32)c(C#N)c(-n2c3ccccc3c3ccccc32)c(-n2c3cc(-c4cccc5c4ccc4ccccc45)ccc3c3ccc4oc5ccccc5c4c32)c1-n1c2ccccc2c2ccccc21. The van der Waals surface area contributed by atoms with Crippen LogP contribution in [-0.4, -0.2) is 18.3 Å². The lowest BCUT2D eigenvalue weighted by Crippen LogP contribution is -2.17. The summed E-state index contributed by atoms with van der Waals surface area (Å²) in [6, 6.07) is 95.6. The van der Waals surface area contributed by atoms with E-state index in [0.29, 0.717) is 33.9 Å². The Morgan fingerprint density at radius 1 is 0.277 bits per heavy atom. The highest BCUT2D eigenvalue weighted by atomic mass is 16.3. The Morgan fingerprint density at radius 2 is 0.699 bits per heavy atom. The maximum Gasteiger partial charge on any atom is 0.137 e. The van der Waals surface area contributed by atoms with Crippen LogP contribution in [0.2, 0.25) is 0 Å². The lowest BCUT2D eigenvalue weighted by atomic mass is 9.94. The minimum absolute atomic E-state index is 0.343. The molecule has 0 saturated heterocycles. The second-order valence-electron chi connectivity index (χ2n) is 21.7. The average molecular weight is 1060 g/mol. The summed E-state index contributed by atoms with van der Waals surface area (Å²) in [6.07, 6.45) is 0. The Labute approximate surface area is 473 Å². The predicted octanol–water partition coefficient (Wildman–Crippen LogP) is 19.7. The van der Waals surface area contributed by atoms with Crippen LogP contribution >= 0.6 is 0 Å². The van der Waals surface area contributed by atoms with Gasteiger partial charge in [-0.1, -0.05) is 194 Å². The first kappa shape index (κ1) is 45.2. The minimum Gasteiger partial charge on any atom is -0.456 e. The Kier molecular flexibility index (Phi) is 9.23. The summed E-state index contributed by atoms with van der Waals surface area (Å²) >= 11 is 0. The van der Waals surface area contributed by atoms with Crippen molar-refractivity contribution in [2.45, 2.75) is 0 Å². The highest BCUT2D eigenvalue weighted by molar-refractivity contribution is 6.26. The third-order valence-electron chi connectivity index (χ3n) is 17.6. The summed E-state index contributed by atoms with van der Waals surface area (Å²) in [4.78, 5) is 0. The van der Waals surface area contributed by atoms with Crippen molar-refractivity contribution in [3.05, 3.63) is 266 Å². The van der Waals surface area contributed by atoms with Gasteiger partial charge in [-0.05, 0) is 93.3 Å². The fourth-order valence-electron chi connectivity index (χ4n) is 14.3. The number of hydrogen-bond acceptors (Lipinski definition) is 3. The van der Waals surface area contributed by atoms with Crippen LogP contribution < -0.4 is 0 Å². The number of rotatable bonds is 5. The van der Waals surface area contributed by atoms with E-state index in [2.05, 4.69) is 261 Å². The Morgan fingerprint density at radius 3 is 1.23 bits per heavy atom. The van der Waals surface area contributed by atoms with E-state index in [9.17, 15) is 10.5 Å². The van der Waals surface area contributed by atoms with Crippen LogP contribution in [0.15, 0.2) is 259 Å². The number of fused-ring (bicyclic) bond motifs is 19. The Balaban J connectivity index is 1.15. The second kappa shape index (κ2) is 16.9. The van der Waals surface area contributed by atoms with Gasteiger partial charge in [0.25, 0.3) is 0 Å². The summed E-state index contributed by atoms with van der Waals surface area (Å²) in [5.41, 5.74) is 13.9. The number of nitrogens with zero attached hydrogens (tertiary/aromatic N) is 6. The van der Waals surface area contributed by atoms with E-state index in [0.717, 1.165) is 126 Å². The molecule has 0 fully saturated rings.